The molecule has 0 aliphatic rings. The molecule has 0 aliphatic heterocycles. The van der Waals surface area contributed by atoms with Crippen LogP contribution >= 0.6 is 11.6 Å². The van der Waals surface area contributed by atoms with E-state index in [1.807, 2.05) is 6.92 Å². The molecule has 2 aromatic rings. The first-order chi connectivity index (χ1) is 8.56. The molecular weight excluding hydrogens is 253 g/mol. The highest BCUT2D eigenvalue weighted by atomic mass is 35.5. The van der Waals surface area contributed by atoms with Gasteiger partial charge in [-0.15, -0.1) is 0 Å². The first-order valence-corrected chi connectivity index (χ1v) is 5.97. The van der Waals surface area contributed by atoms with E-state index in [4.69, 9.17) is 17.3 Å². The molecule has 1 heterocycles. The number of rotatable bonds is 3. The molecule has 0 radical (unpaired) electrons. The second kappa shape index (κ2) is 5.42. The van der Waals surface area contributed by atoms with Crippen molar-refractivity contribution in [3.63, 3.8) is 0 Å². The average molecular weight is 266 g/mol. The van der Waals surface area contributed by atoms with Crippen molar-refractivity contribution in [2.24, 2.45) is 5.73 Å². The number of benzene rings is 1. The average Bonchev–Trinajstić information content (AvgIpc) is 2.32. The first kappa shape index (κ1) is 12.9. The molecular formula is C13H13ClFN3. The van der Waals surface area contributed by atoms with Crippen molar-refractivity contribution in [2.45, 2.75) is 19.4 Å². The zero-order chi connectivity index (χ0) is 13.1. The normalized spacial score (nSPS) is 12.4. The van der Waals surface area contributed by atoms with Crippen LogP contribution < -0.4 is 5.73 Å². The number of nitrogens with zero attached hydrogens (tertiary/aromatic N) is 2. The molecule has 0 bridgehead atoms. The van der Waals surface area contributed by atoms with E-state index in [1.54, 1.807) is 18.3 Å². The lowest BCUT2D eigenvalue weighted by Crippen LogP contribution is -2.19. The van der Waals surface area contributed by atoms with Gasteiger partial charge in [-0.3, -0.25) is 0 Å². The molecule has 94 valence electrons. The summed E-state index contributed by atoms with van der Waals surface area (Å²) in [6.45, 7) is 1.87. The van der Waals surface area contributed by atoms with E-state index in [0.717, 1.165) is 0 Å². The van der Waals surface area contributed by atoms with Gasteiger partial charge in [-0.25, -0.2) is 14.4 Å². The Labute approximate surface area is 110 Å². The Morgan fingerprint density at radius 2 is 2.17 bits per heavy atom. The summed E-state index contributed by atoms with van der Waals surface area (Å²) >= 11 is 5.86. The first-order valence-electron chi connectivity index (χ1n) is 5.59. The number of aromatic nitrogens is 2. The predicted octanol–water partition coefficient (Wildman–Crippen LogP) is 2.83. The monoisotopic (exact) mass is 265 g/mol. The van der Waals surface area contributed by atoms with E-state index in [-0.39, 0.29) is 11.9 Å². The number of nitrogens with two attached hydrogens (primary N) is 1. The van der Waals surface area contributed by atoms with Gasteiger partial charge in [-0.2, -0.15) is 0 Å². The summed E-state index contributed by atoms with van der Waals surface area (Å²) in [5.41, 5.74) is 6.58. The standard InChI is InChI=1S/C13H13ClFN3/c1-8(16)6-13-17-5-4-12(18-13)10-7-9(14)2-3-11(10)15/h2-5,7-8H,6,16H2,1H3. The zero-order valence-electron chi connectivity index (χ0n) is 9.90. The third-order valence-electron chi connectivity index (χ3n) is 2.41. The van der Waals surface area contributed by atoms with Crippen LogP contribution in [-0.4, -0.2) is 16.0 Å². The summed E-state index contributed by atoms with van der Waals surface area (Å²) < 4.78 is 13.7. The second-order valence-electron chi connectivity index (χ2n) is 4.16. The predicted molar refractivity (Wildman–Crippen MR) is 69.8 cm³/mol. The molecule has 0 aliphatic carbocycles. The van der Waals surface area contributed by atoms with E-state index in [2.05, 4.69) is 9.97 Å². The molecule has 2 rings (SSSR count). The Hall–Kier alpha value is -1.52. The molecule has 0 amide bonds. The maximum Gasteiger partial charge on any atom is 0.132 e. The molecule has 18 heavy (non-hydrogen) atoms. The highest BCUT2D eigenvalue weighted by Crippen LogP contribution is 2.24. The van der Waals surface area contributed by atoms with Crippen LogP contribution in [0.1, 0.15) is 12.7 Å². The van der Waals surface area contributed by atoms with Gasteiger partial charge in [-0.05, 0) is 31.2 Å². The smallest absolute Gasteiger partial charge is 0.132 e. The van der Waals surface area contributed by atoms with E-state index in [0.29, 0.717) is 28.5 Å². The number of halogens is 2. The summed E-state index contributed by atoms with van der Waals surface area (Å²) in [5, 5.41) is 0.471. The van der Waals surface area contributed by atoms with Crippen molar-refractivity contribution in [2.75, 3.05) is 0 Å². The lowest BCUT2D eigenvalue weighted by molar-refractivity contribution is 0.630. The Bertz CT molecular complexity index is 558. The largest absolute Gasteiger partial charge is 0.328 e. The number of hydrogen-bond acceptors (Lipinski definition) is 3. The topological polar surface area (TPSA) is 51.8 Å². The molecule has 0 saturated heterocycles. The summed E-state index contributed by atoms with van der Waals surface area (Å²) in [4.78, 5) is 8.41. The molecule has 1 unspecified atom stereocenters. The minimum absolute atomic E-state index is 0.0375. The molecule has 1 aromatic carbocycles. The van der Waals surface area contributed by atoms with Gasteiger partial charge in [-0.1, -0.05) is 11.6 Å². The van der Waals surface area contributed by atoms with E-state index in [1.165, 1.54) is 12.1 Å². The third-order valence-corrected chi connectivity index (χ3v) is 2.65. The van der Waals surface area contributed by atoms with Crippen molar-refractivity contribution < 1.29 is 4.39 Å². The van der Waals surface area contributed by atoms with Gasteiger partial charge < -0.3 is 5.73 Å². The quantitative estimate of drug-likeness (QED) is 0.928. The number of hydrogen-bond donors (Lipinski definition) is 1. The van der Waals surface area contributed by atoms with Gasteiger partial charge in [0, 0.05) is 29.2 Å². The van der Waals surface area contributed by atoms with Crippen LogP contribution in [0.2, 0.25) is 5.02 Å². The maximum atomic E-state index is 13.7. The van der Waals surface area contributed by atoms with Crippen LogP contribution in [0.25, 0.3) is 11.3 Å². The summed E-state index contributed by atoms with van der Waals surface area (Å²) in [7, 11) is 0. The Morgan fingerprint density at radius 3 is 2.89 bits per heavy atom. The molecule has 0 saturated carbocycles. The van der Waals surface area contributed by atoms with E-state index < -0.39 is 0 Å². The van der Waals surface area contributed by atoms with Crippen molar-refractivity contribution in [1.82, 2.24) is 9.97 Å². The van der Waals surface area contributed by atoms with Crippen LogP contribution in [0.5, 0.6) is 0 Å². The van der Waals surface area contributed by atoms with Gasteiger partial charge in [0.15, 0.2) is 0 Å². The van der Waals surface area contributed by atoms with Gasteiger partial charge in [0.05, 0.1) is 5.69 Å². The fourth-order valence-corrected chi connectivity index (χ4v) is 1.80. The van der Waals surface area contributed by atoms with Crippen LogP contribution in [0.15, 0.2) is 30.5 Å². The van der Waals surface area contributed by atoms with Crippen LogP contribution in [0.4, 0.5) is 4.39 Å². The zero-order valence-corrected chi connectivity index (χ0v) is 10.7. The van der Waals surface area contributed by atoms with Gasteiger partial charge in [0.25, 0.3) is 0 Å². The van der Waals surface area contributed by atoms with Crippen molar-refractivity contribution in [3.05, 3.63) is 47.1 Å². The molecule has 3 nitrogen and oxygen atoms in total. The fourth-order valence-electron chi connectivity index (χ4n) is 1.63. The highest BCUT2D eigenvalue weighted by molar-refractivity contribution is 6.30. The second-order valence-corrected chi connectivity index (χ2v) is 4.60. The van der Waals surface area contributed by atoms with Crippen LogP contribution in [0.3, 0.4) is 0 Å². The van der Waals surface area contributed by atoms with Gasteiger partial charge in [0.2, 0.25) is 0 Å². The van der Waals surface area contributed by atoms with E-state index >= 15 is 0 Å². The molecule has 0 spiro atoms. The Kier molecular flexibility index (Phi) is 3.89. The summed E-state index contributed by atoms with van der Waals surface area (Å²) in [6.07, 6.45) is 2.15. The van der Waals surface area contributed by atoms with E-state index in [9.17, 15) is 4.39 Å². The lowest BCUT2D eigenvalue weighted by Gasteiger charge is -2.07. The minimum atomic E-state index is -0.357. The summed E-state index contributed by atoms with van der Waals surface area (Å²) in [6, 6.07) is 5.99. The SMILES string of the molecule is CC(N)Cc1nccc(-c2cc(Cl)ccc2F)n1. The fraction of sp³-hybridized carbons (Fsp3) is 0.231. The van der Waals surface area contributed by atoms with Crippen LogP contribution in [-0.2, 0) is 6.42 Å². The molecule has 0 fully saturated rings. The molecule has 1 aromatic heterocycles. The molecule has 1 atom stereocenters. The van der Waals surface area contributed by atoms with Gasteiger partial charge >= 0.3 is 0 Å². The molecule has 2 N–H and O–H groups in total. The van der Waals surface area contributed by atoms with Gasteiger partial charge in [0.1, 0.15) is 11.6 Å². The third kappa shape index (κ3) is 3.03. The Morgan fingerprint density at radius 1 is 1.39 bits per heavy atom. The molecule has 5 heteroatoms. The summed E-state index contributed by atoms with van der Waals surface area (Å²) in [5.74, 6) is 0.242. The highest BCUT2D eigenvalue weighted by Gasteiger charge is 2.09. The Balaban J connectivity index is 2.41. The minimum Gasteiger partial charge on any atom is -0.328 e. The van der Waals surface area contributed by atoms with Crippen molar-refractivity contribution >= 4 is 11.6 Å². The van der Waals surface area contributed by atoms with Crippen molar-refractivity contribution in [3.8, 4) is 11.3 Å². The van der Waals surface area contributed by atoms with Crippen molar-refractivity contribution in [1.29, 1.82) is 0 Å². The van der Waals surface area contributed by atoms with Crippen LogP contribution in [0, 0.1) is 5.82 Å². The lowest BCUT2D eigenvalue weighted by atomic mass is 10.1. The maximum absolute atomic E-state index is 13.7.